The molecule has 0 unspecified atom stereocenters. The molecule has 0 spiro atoms. The molecule has 3 aromatic rings. The minimum Gasteiger partial charge on any atom is -0.495 e. The molecular weight excluding hydrogens is 496 g/mol. The molecule has 1 aliphatic rings. The van der Waals surface area contributed by atoms with Crippen LogP contribution >= 0.6 is 0 Å². The molecule has 1 heterocycles. The van der Waals surface area contributed by atoms with Gasteiger partial charge in [0.25, 0.3) is 0 Å². The molecule has 1 atom stereocenters. The molecule has 3 aromatic carbocycles. The van der Waals surface area contributed by atoms with Gasteiger partial charge in [-0.25, -0.2) is 13.2 Å². The molecule has 10 heteroatoms. The van der Waals surface area contributed by atoms with Crippen molar-refractivity contribution in [1.82, 2.24) is 4.31 Å². The zero-order valence-corrected chi connectivity index (χ0v) is 21.6. The highest BCUT2D eigenvalue weighted by atomic mass is 32.2. The number of hydrogen-bond acceptors (Lipinski definition) is 7. The second-order valence-electron chi connectivity index (χ2n) is 8.51. The molecule has 1 aliphatic heterocycles. The molecule has 0 bridgehead atoms. The summed E-state index contributed by atoms with van der Waals surface area (Å²) in [6.07, 6.45) is -1.04. The van der Waals surface area contributed by atoms with Crippen LogP contribution < -0.4 is 14.4 Å². The van der Waals surface area contributed by atoms with Crippen LogP contribution in [0.2, 0.25) is 0 Å². The Morgan fingerprint density at radius 1 is 1.03 bits per heavy atom. The third-order valence-electron chi connectivity index (χ3n) is 5.99. The van der Waals surface area contributed by atoms with Crippen molar-refractivity contribution >= 4 is 27.6 Å². The summed E-state index contributed by atoms with van der Waals surface area (Å²) in [6, 6.07) is 20.6. The van der Waals surface area contributed by atoms with Crippen LogP contribution in [-0.4, -0.2) is 58.0 Å². The zero-order valence-electron chi connectivity index (χ0n) is 20.8. The summed E-state index contributed by atoms with van der Waals surface area (Å²) in [5.41, 5.74) is 1.88. The van der Waals surface area contributed by atoms with Gasteiger partial charge in [0.15, 0.2) is 0 Å². The van der Waals surface area contributed by atoms with Crippen molar-refractivity contribution in [2.45, 2.75) is 24.5 Å². The van der Waals surface area contributed by atoms with E-state index in [4.69, 9.17) is 14.2 Å². The second kappa shape index (κ2) is 11.0. The van der Waals surface area contributed by atoms with Crippen LogP contribution in [0.5, 0.6) is 11.5 Å². The van der Waals surface area contributed by atoms with Gasteiger partial charge in [-0.2, -0.15) is 4.31 Å². The van der Waals surface area contributed by atoms with E-state index in [2.05, 4.69) is 0 Å². The number of esters is 1. The molecular formula is C27H28N2O7S. The third-order valence-corrected chi connectivity index (χ3v) is 7.80. The number of hydrogen-bond donors (Lipinski definition) is 0. The highest BCUT2D eigenvalue weighted by Gasteiger charge is 2.37. The number of carbonyl (C=O) groups excluding carboxylic acids is 2. The monoisotopic (exact) mass is 524 g/mol. The van der Waals surface area contributed by atoms with E-state index < -0.39 is 34.5 Å². The number of nitrogens with zero attached hydrogens (tertiary/aromatic N) is 2. The number of carbonyl (C=O) groups is 2. The Balaban J connectivity index is 1.72. The first-order valence-corrected chi connectivity index (χ1v) is 13.0. The largest absolute Gasteiger partial charge is 0.495 e. The number of rotatable bonds is 8. The maximum absolute atomic E-state index is 13.9. The minimum absolute atomic E-state index is 0.0338. The number of ether oxygens (including phenoxy) is 3. The van der Waals surface area contributed by atoms with Crippen LogP contribution in [0.1, 0.15) is 11.1 Å². The van der Waals surface area contributed by atoms with E-state index in [-0.39, 0.29) is 23.7 Å². The number of benzene rings is 3. The Morgan fingerprint density at radius 3 is 2.43 bits per heavy atom. The van der Waals surface area contributed by atoms with Crippen LogP contribution in [0.4, 0.5) is 5.69 Å². The first kappa shape index (κ1) is 26.2. The van der Waals surface area contributed by atoms with Crippen molar-refractivity contribution in [3.8, 4) is 11.5 Å². The number of aryl methyl sites for hydroxylation is 1. The summed E-state index contributed by atoms with van der Waals surface area (Å²) >= 11 is 0. The topological polar surface area (TPSA) is 102 Å². The van der Waals surface area contributed by atoms with Gasteiger partial charge in [-0.3, -0.25) is 4.79 Å². The fourth-order valence-electron chi connectivity index (χ4n) is 4.10. The van der Waals surface area contributed by atoms with Crippen molar-refractivity contribution in [1.29, 1.82) is 0 Å². The second-order valence-corrected chi connectivity index (χ2v) is 10.4. The van der Waals surface area contributed by atoms with Crippen molar-refractivity contribution in [3.63, 3.8) is 0 Å². The third kappa shape index (κ3) is 5.60. The lowest BCUT2D eigenvalue weighted by atomic mass is 10.2. The first-order valence-electron chi connectivity index (χ1n) is 11.6. The number of anilines is 1. The van der Waals surface area contributed by atoms with Crippen LogP contribution in [0.15, 0.2) is 77.7 Å². The van der Waals surface area contributed by atoms with E-state index in [1.165, 1.54) is 25.2 Å². The van der Waals surface area contributed by atoms with E-state index in [0.29, 0.717) is 17.0 Å². The van der Waals surface area contributed by atoms with Crippen LogP contribution in [0.25, 0.3) is 0 Å². The highest BCUT2D eigenvalue weighted by molar-refractivity contribution is 7.89. The molecule has 0 aromatic heterocycles. The molecule has 37 heavy (non-hydrogen) atoms. The number of para-hydroxylation sites is 2. The van der Waals surface area contributed by atoms with Crippen LogP contribution in [-0.2, 0) is 30.9 Å². The molecule has 0 aliphatic carbocycles. The predicted molar refractivity (Wildman–Crippen MR) is 137 cm³/mol. The van der Waals surface area contributed by atoms with E-state index in [1.54, 1.807) is 67.6 Å². The molecule has 4 rings (SSSR count). The van der Waals surface area contributed by atoms with Gasteiger partial charge in [0.2, 0.25) is 22.0 Å². The van der Waals surface area contributed by atoms with Crippen LogP contribution in [0.3, 0.4) is 0 Å². The Kier molecular flexibility index (Phi) is 7.80. The molecule has 0 saturated heterocycles. The molecule has 0 radical (unpaired) electrons. The maximum atomic E-state index is 13.9. The summed E-state index contributed by atoms with van der Waals surface area (Å²) in [5, 5.41) is 0. The standard InChI is InChI=1S/C27H28N2O7S/c1-19-13-14-23(34-2)25(15-19)37(32,33)28(16-20-9-5-4-6-10-20)18-26(30)29-17-24(27(31)35-3)36-22-12-8-7-11-21(22)29/h4-15,24H,16-18H2,1-3H3/t24-/m0/s1. The summed E-state index contributed by atoms with van der Waals surface area (Å²) in [4.78, 5) is 27.3. The summed E-state index contributed by atoms with van der Waals surface area (Å²) in [7, 11) is -1.54. The highest BCUT2D eigenvalue weighted by Crippen LogP contribution is 2.34. The van der Waals surface area contributed by atoms with Gasteiger partial charge in [0, 0.05) is 6.54 Å². The fraction of sp³-hybridized carbons (Fsp3) is 0.259. The molecule has 0 fully saturated rings. The molecule has 0 N–H and O–H groups in total. The van der Waals surface area contributed by atoms with Gasteiger partial charge < -0.3 is 19.1 Å². The van der Waals surface area contributed by atoms with E-state index >= 15 is 0 Å². The number of fused-ring (bicyclic) bond motifs is 1. The summed E-state index contributed by atoms with van der Waals surface area (Å²) in [6.45, 7) is 1.15. The molecule has 0 saturated carbocycles. The van der Waals surface area contributed by atoms with Crippen molar-refractivity contribution in [2.75, 3.05) is 32.2 Å². The Bertz CT molecular complexity index is 1390. The van der Waals surface area contributed by atoms with Gasteiger partial charge in [0.05, 0.1) is 33.0 Å². The van der Waals surface area contributed by atoms with Crippen molar-refractivity contribution in [2.24, 2.45) is 0 Å². The van der Waals surface area contributed by atoms with E-state index in [0.717, 1.165) is 9.87 Å². The predicted octanol–water partition coefficient (Wildman–Crippen LogP) is 3.16. The summed E-state index contributed by atoms with van der Waals surface area (Å²) < 4.78 is 44.9. The average Bonchev–Trinajstić information content (AvgIpc) is 2.92. The number of sulfonamides is 1. The number of amides is 1. The normalized spacial score (nSPS) is 15.0. The van der Waals surface area contributed by atoms with Gasteiger partial charge in [-0.05, 0) is 42.3 Å². The van der Waals surface area contributed by atoms with E-state index in [9.17, 15) is 18.0 Å². The Labute approximate surface area is 216 Å². The van der Waals surface area contributed by atoms with Crippen molar-refractivity contribution in [3.05, 3.63) is 83.9 Å². The smallest absolute Gasteiger partial charge is 0.348 e. The van der Waals surface area contributed by atoms with Gasteiger partial charge in [0.1, 0.15) is 16.4 Å². The lowest BCUT2D eigenvalue weighted by molar-refractivity contribution is -0.148. The maximum Gasteiger partial charge on any atom is 0.348 e. The molecule has 1 amide bonds. The molecule has 194 valence electrons. The van der Waals surface area contributed by atoms with Gasteiger partial charge >= 0.3 is 5.97 Å². The zero-order chi connectivity index (χ0) is 26.6. The minimum atomic E-state index is -4.17. The SMILES string of the molecule is COC(=O)[C@@H]1CN(C(=O)CN(Cc2ccccc2)S(=O)(=O)c2cc(C)ccc2OC)c2ccccc2O1. The Morgan fingerprint density at radius 2 is 1.73 bits per heavy atom. The Hall–Kier alpha value is -3.89. The average molecular weight is 525 g/mol. The molecule has 9 nitrogen and oxygen atoms in total. The van der Waals surface area contributed by atoms with Crippen LogP contribution in [0, 0.1) is 6.92 Å². The first-order chi connectivity index (χ1) is 17.7. The quantitative estimate of drug-likeness (QED) is 0.417. The number of methoxy groups -OCH3 is 2. The fourth-order valence-corrected chi connectivity index (χ4v) is 5.72. The van der Waals surface area contributed by atoms with E-state index in [1.807, 2.05) is 6.07 Å². The summed E-state index contributed by atoms with van der Waals surface area (Å²) in [5.74, 6) is -0.643. The lowest BCUT2D eigenvalue weighted by Gasteiger charge is -2.34. The lowest BCUT2D eigenvalue weighted by Crippen LogP contribution is -2.50. The van der Waals surface area contributed by atoms with Gasteiger partial charge in [-0.1, -0.05) is 48.5 Å². The van der Waals surface area contributed by atoms with Crippen molar-refractivity contribution < 1.29 is 32.2 Å². The van der Waals surface area contributed by atoms with Gasteiger partial charge in [-0.15, -0.1) is 0 Å².